The number of fused-ring (bicyclic) bond motifs is 2. The van der Waals surface area contributed by atoms with Crippen LogP contribution in [0, 0.1) is 25.2 Å². The van der Waals surface area contributed by atoms with Gasteiger partial charge in [-0.1, -0.05) is 36.4 Å². The summed E-state index contributed by atoms with van der Waals surface area (Å²) in [7, 11) is 0. The molecular weight excluding hydrogens is 342 g/mol. The molecule has 0 saturated carbocycles. The number of benzene rings is 2. The number of thiophene rings is 1. The van der Waals surface area contributed by atoms with E-state index >= 15 is 0 Å². The van der Waals surface area contributed by atoms with Crippen molar-refractivity contribution in [2.75, 3.05) is 0 Å². The predicted octanol–water partition coefficient (Wildman–Crippen LogP) is 4.82. The number of hydrogen-bond donors (Lipinski definition) is 1. The van der Waals surface area contributed by atoms with Crippen molar-refractivity contribution < 1.29 is 0 Å². The third kappa shape index (κ3) is 2.71. The molecule has 5 heteroatoms. The zero-order valence-corrected chi connectivity index (χ0v) is 15.1. The Bertz CT molecular complexity index is 1290. The topological polar surface area (TPSA) is 69.5 Å². The minimum absolute atomic E-state index is 0.202. The highest BCUT2D eigenvalue weighted by atomic mass is 32.1. The van der Waals surface area contributed by atoms with Gasteiger partial charge in [0.2, 0.25) is 0 Å². The zero-order valence-electron chi connectivity index (χ0n) is 14.3. The lowest BCUT2D eigenvalue weighted by Gasteiger charge is -2.02. The second-order valence-corrected chi connectivity index (χ2v) is 7.36. The number of nitrogens with one attached hydrogen (secondary N) is 1. The number of nitrogens with zero attached hydrogens (tertiary/aromatic N) is 2. The van der Waals surface area contributed by atoms with Crippen LogP contribution < -0.4 is 5.56 Å². The van der Waals surface area contributed by atoms with E-state index in [1.807, 2.05) is 56.3 Å². The zero-order chi connectivity index (χ0) is 18.3. The number of rotatable bonds is 2. The van der Waals surface area contributed by atoms with Crippen LogP contribution in [0.15, 0.2) is 47.3 Å². The summed E-state index contributed by atoms with van der Waals surface area (Å²) in [6.45, 7) is 3.89. The van der Waals surface area contributed by atoms with Crippen molar-refractivity contribution in [3.05, 3.63) is 74.6 Å². The van der Waals surface area contributed by atoms with Crippen LogP contribution in [0.1, 0.15) is 21.8 Å². The van der Waals surface area contributed by atoms with Crippen LogP contribution in [0.3, 0.4) is 0 Å². The average molecular weight is 357 g/mol. The van der Waals surface area contributed by atoms with E-state index in [2.05, 4.69) is 16.0 Å². The van der Waals surface area contributed by atoms with Gasteiger partial charge >= 0.3 is 0 Å². The molecule has 2 heterocycles. The molecule has 0 atom stereocenters. The lowest BCUT2D eigenvalue weighted by Crippen LogP contribution is -2.10. The largest absolute Gasteiger partial charge is 0.305 e. The van der Waals surface area contributed by atoms with E-state index in [-0.39, 0.29) is 5.56 Å². The summed E-state index contributed by atoms with van der Waals surface area (Å²) >= 11 is 1.48. The van der Waals surface area contributed by atoms with Crippen molar-refractivity contribution in [1.82, 2.24) is 9.97 Å². The molecule has 126 valence electrons. The molecule has 1 N–H and O–H groups in total. The van der Waals surface area contributed by atoms with Crippen molar-refractivity contribution in [3.8, 4) is 6.07 Å². The first-order valence-corrected chi connectivity index (χ1v) is 8.99. The van der Waals surface area contributed by atoms with Crippen molar-refractivity contribution >= 4 is 44.0 Å². The number of H-pyrrole nitrogens is 1. The minimum Gasteiger partial charge on any atom is -0.305 e. The standard InChI is InChI=1S/C21H15N3OS/c1-12-13(2)26-21-18(12)20(25)23-19(24-21)17(11-22)10-14-7-8-15-5-3-4-6-16(15)9-14/h3-10H,1-2H3,(H,23,24,25)/b17-10-. The van der Waals surface area contributed by atoms with Gasteiger partial charge in [-0.3, -0.25) is 4.79 Å². The minimum atomic E-state index is -0.202. The first-order chi connectivity index (χ1) is 12.6. The summed E-state index contributed by atoms with van der Waals surface area (Å²) in [4.78, 5) is 21.5. The van der Waals surface area contributed by atoms with Crippen LogP contribution in [0.2, 0.25) is 0 Å². The van der Waals surface area contributed by atoms with Crippen LogP contribution in [-0.2, 0) is 0 Å². The number of aryl methyl sites for hydroxylation is 2. The Balaban J connectivity index is 1.86. The molecule has 0 saturated heterocycles. The lowest BCUT2D eigenvalue weighted by atomic mass is 10.1. The number of aromatic amines is 1. The van der Waals surface area contributed by atoms with E-state index in [0.717, 1.165) is 26.8 Å². The number of hydrogen-bond acceptors (Lipinski definition) is 4. The molecule has 26 heavy (non-hydrogen) atoms. The molecule has 4 nitrogen and oxygen atoms in total. The summed E-state index contributed by atoms with van der Waals surface area (Å²) < 4.78 is 0. The summed E-state index contributed by atoms with van der Waals surface area (Å²) in [6.07, 6.45) is 1.75. The number of aromatic nitrogens is 2. The van der Waals surface area contributed by atoms with Crippen molar-refractivity contribution in [3.63, 3.8) is 0 Å². The SMILES string of the molecule is Cc1sc2nc(/C(C#N)=C\c3ccc4ccccc4c3)[nH]c(=O)c2c1C. The first-order valence-electron chi connectivity index (χ1n) is 8.18. The second-order valence-electron chi connectivity index (χ2n) is 6.15. The maximum atomic E-state index is 12.5. The van der Waals surface area contributed by atoms with E-state index in [4.69, 9.17) is 0 Å². The normalized spacial score (nSPS) is 11.8. The van der Waals surface area contributed by atoms with Gasteiger partial charge in [-0.25, -0.2) is 4.98 Å². The van der Waals surface area contributed by atoms with Crippen molar-refractivity contribution in [1.29, 1.82) is 5.26 Å². The van der Waals surface area contributed by atoms with Gasteiger partial charge in [-0.2, -0.15) is 5.26 Å². The van der Waals surface area contributed by atoms with E-state index in [1.54, 1.807) is 6.08 Å². The highest BCUT2D eigenvalue weighted by molar-refractivity contribution is 7.18. The van der Waals surface area contributed by atoms with Crippen LogP contribution in [0.4, 0.5) is 0 Å². The molecule has 0 aliphatic carbocycles. The predicted molar refractivity (Wildman–Crippen MR) is 107 cm³/mol. The highest BCUT2D eigenvalue weighted by Gasteiger charge is 2.14. The molecular formula is C21H15N3OS. The fourth-order valence-corrected chi connectivity index (χ4v) is 4.03. The van der Waals surface area contributed by atoms with Crippen LogP contribution in [0.5, 0.6) is 0 Å². The van der Waals surface area contributed by atoms with Crippen LogP contribution in [-0.4, -0.2) is 9.97 Å². The summed E-state index contributed by atoms with van der Waals surface area (Å²) in [5.41, 5.74) is 1.97. The molecule has 0 aliphatic heterocycles. The Hall–Kier alpha value is -3.23. The van der Waals surface area contributed by atoms with Gasteiger partial charge in [-0.15, -0.1) is 11.3 Å². The molecule has 0 fully saturated rings. The molecule has 2 aromatic heterocycles. The molecule has 0 aliphatic rings. The molecule has 0 unspecified atom stereocenters. The van der Waals surface area contributed by atoms with Gasteiger partial charge in [0.25, 0.3) is 5.56 Å². The average Bonchev–Trinajstić information content (AvgIpc) is 2.94. The van der Waals surface area contributed by atoms with E-state index in [0.29, 0.717) is 21.6 Å². The lowest BCUT2D eigenvalue weighted by molar-refractivity contribution is 1.13. The fourth-order valence-electron chi connectivity index (χ4n) is 3.00. The number of nitriles is 1. The summed E-state index contributed by atoms with van der Waals surface area (Å²) in [5, 5.41) is 12.4. The molecule has 0 bridgehead atoms. The third-order valence-corrected chi connectivity index (χ3v) is 5.60. The van der Waals surface area contributed by atoms with Gasteiger partial charge in [-0.05, 0) is 47.9 Å². The Kier molecular flexibility index (Phi) is 3.90. The maximum absolute atomic E-state index is 12.5. The Morgan fingerprint density at radius 1 is 1.19 bits per heavy atom. The molecule has 4 aromatic rings. The Labute approximate surface area is 154 Å². The molecule has 0 radical (unpaired) electrons. The second kappa shape index (κ2) is 6.25. The van der Waals surface area contributed by atoms with Crippen LogP contribution in [0.25, 0.3) is 32.6 Å². The first kappa shape index (κ1) is 16.2. The van der Waals surface area contributed by atoms with Gasteiger partial charge < -0.3 is 4.98 Å². The summed E-state index contributed by atoms with van der Waals surface area (Å²) in [5.74, 6) is 0.305. The third-order valence-electron chi connectivity index (χ3n) is 4.50. The Morgan fingerprint density at radius 3 is 2.73 bits per heavy atom. The highest BCUT2D eigenvalue weighted by Crippen LogP contribution is 2.27. The fraction of sp³-hybridized carbons (Fsp3) is 0.0952. The van der Waals surface area contributed by atoms with Gasteiger partial charge in [0.05, 0.1) is 11.0 Å². The quantitative estimate of drug-likeness (QED) is 0.523. The van der Waals surface area contributed by atoms with E-state index in [1.165, 1.54) is 11.3 Å². The van der Waals surface area contributed by atoms with Crippen LogP contribution >= 0.6 is 11.3 Å². The van der Waals surface area contributed by atoms with Crippen molar-refractivity contribution in [2.24, 2.45) is 0 Å². The Morgan fingerprint density at radius 2 is 1.96 bits per heavy atom. The van der Waals surface area contributed by atoms with Gasteiger partial charge in [0, 0.05) is 4.88 Å². The molecule has 0 amide bonds. The molecule has 2 aromatic carbocycles. The molecule has 0 spiro atoms. The van der Waals surface area contributed by atoms with E-state index < -0.39 is 0 Å². The smallest absolute Gasteiger partial charge is 0.260 e. The molecule has 4 rings (SSSR count). The number of allylic oxidation sites excluding steroid dienone is 1. The summed E-state index contributed by atoms with van der Waals surface area (Å²) in [6, 6.07) is 16.2. The van der Waals surface area contributed by atoms with Crippen molar-refractivity contribution in [2.45, 2.75) is 13.8 Å². The van der Waals surface area contributed by atoms with Gasteiger partial charge in [0.1, 0.15) is 10.9 Å². The maximum Gasteiger partial charge on any atom is 0.260 e. The van der Waals surface area contributed by atoms with E-state index in [9.17, 15) is 10.1 Å². The van der Waals surface area contributed by atoms with Gasteiger partial charge in [0.15, 0.2) is 5.82 Å². The monoisotopic (exact) mass is 357 g/mol.